The Balaban J connectivity index is 1.32. The second-order valence-corrected chi connectivity index (χ2v) is 8.06. The quantitative estimate of drug-likeness (QED) is 0.231. The molecule has 5 rings (SSSR count). The highest BCUT2D eigenvalue weighted by Crippen LogP contribution is 2.25. The van der Waals surface area contributed by atoms with E-state index >= 15 is 0 Å². The Morgan fingerprint density at radius 3 is 2.03 bits per heavy atom. The highest BCUT2D eigenvalue weighted by Gasteiger charge is 2.04. The second-order valence-electron chi connectivity index (χ2n) is 8.06. The van der Waals surface area contributed by atoms with Crippen molar-refractivity contribution in [3.05, 3.63) is 132 Å². The number of benzene rings is 5. The smallest absolute Gasteiger partial charge is 0.151 e. The summed E-state index contributed by atoms with van der Waals surface area (Å²) >= 11 is 0. The van der Waals surface area contributed by atoms with Gasteiger partial charge in [-0.3, -0.25) is 5.41 Å². The van der Waals surface area contributed by atoms with Gasteiger partial charge in [0.1, 0.15) is 0 Å². The van der Waals surface area contributed by atoms with E-state index in [1.54, 1.807) is 6.21 Å². The molecule has 0 atom stereocenters. The Morgan fingerprint density at radius 2 is 1.29 bits per heavy atom. The zero-order valence-corrected chi connectivity index (χ0v) is 18.4. The average Bonchev–Trinajstić information content (AvgIpc) is 2.92. The van der Waals surface area contributed by atoms with Gasteiger partial charge in [-0.05, 0) is 62.9 Å². The minimum absolute atomic E-state index is 0.217. The lowest BCUT2D eigenvalue weighted by Gasteiger charge is -2.06. The number of fused-ring (bicyclic) bond motifs is 1. The van der Waals surface area contributed by atoms with Crippen molar-refractivity contribution >= 4 is 22.8 Å². The monoisotopic (exact) mass is 435 g/mol. The fourth-order valence-corrected chi connectivity index (χ4v) is 3.94. The maximum absolute atomic E-state index is 8.98. The predicted molar refractivity (Wildman–Crippen MR) is 140 cm³/mol. The summed E-state index contributed by atoms with van der Waals surface area (Å²) in [7, 11) is 0. The average molecular weight is 436 g/mol. The minimum atomic E-state index is 0.217. The molecule has 0 amide bonds. The van der Waals surface area contributed by atoms with Crippen LogP contribution in [0.25, 0.3) is 33.0 Å². The lowest BCUT2D eigenvalue weighted by Crippen LogP contribution is -1.96. The number of hydrogen-bond acceptors (Lipinski definition) is 2. The molecular weight excluding hydrogens is 414 g/mol. The number of hydrogen-bond donors (Lipinski definition) is 1. The van der Waals surface area contributed by atoms with Gasteiger partial charge in [0.15, 0.2) is 5.84 Å². The largest absolute Gasteiger partial charge is 0.282 e. The van der Waals surface area contributed by atoms with Crippen LogP contribution in [0.5, 0.6) is 0 Å². The summed E-state index contributed by atoms with van der Waals surface area (Å²) < 4.78 is 0. The Kier molecular flexibility index (Phi) is 5.80. The highest BCUT2D eigenvalue weighted by atomic mass is 14.8. The Hall–Kier alpha value is -4.81. The number of nitriles is 1. The molecule has 0 heterocycles. The van der Waals surface area contributed by atoms with Crippen LogP contribution in [0.2, 0.25) is 0 Å². The van der Waals surface area contributed by atoms with Crippen molar-refractivity contribution < 1.29 is 0 Å². The maximum Gasteiger partial charge on any atom is 0.151 e. The molecule has 5 aromatic rings. The van der Waals surface area contributed by atoms with Gasteiger partial charge in [0.2, 0.25) is 0 Å². The number of nitrogens with one attached hydrogen (secondary N) is 1. The molecule has 0 saturated heterocycles. The fourth-order valence-electron chi connectivity index (χ4n) is 3.94. The van der Waals surface area contributed by atoms with Gasteiger partial charge in [0, 0.05) is 11.8 Å². The zero-order valence-electron chi connectivity index (χ0n) is 18.4. The third-order valence-corrected chi connectivity index (χ3v) is 5.82. The van der Waals surface area contributed by atoms with Gasteiger partial charge in [-0.25, -0.2) is 4.99 Å². The van der Waals surface area contributed by atoms with Crippen LogP contribution in [0.1, 0.15) is 16.7 Å². The van der Waals surface area contributed by atoms with Crippen LogP contribution in [0, 0.1) is 16.7 Å². The molecule has 0 radical (unpaired) electrons. The number of nitrogens with zero attached hydrogens (tertiary/aromatic N) is 2. The Bertz CT molecular complexity index is 1550. The van der Waals surface area contributed by atoms with Crippen molar-refractivity contribution in [2.75, 3.05) is 0 Å². The molecule has 0 aromatic heterocycles. The summed E-state index contributed by atoms with van der Waals surface area (Å²) in [6.45, 7) is 0. The van der Waals surface area contributed by atoms with Gasteiger partial charge in [-0.2, -0.15) is 5.26 Å². The first-order valence-corrected chi connectivity index (χ1v) is 11.0. The normalized spacial score (nSPS) is 10.9. The van der Waals surface area contributed by atoms with E-state index < -0.39 is 0 Å². The van der Waals surface area contributed by atoms with Crippen LogP contribution in [0.3, 0.4) is 0 Å². The van der Waals surface area contributed by atoms with Crippen molar-refractivity contribution in [1.29, 1.82) is 10.7 Å². The minimum Gasteiger partial charge on any atom is -0.282 e. The van der Waals surface area contributed by atoms with E-state index in [4.69, 9.17) is 10.7 Å². The van der Waals surface area contributed by atoms with Gasteiger partial charge in [0.05, 0.1) is 11.6 Å². The summed E-state index contributed by atoms with van der Waals surface area (Å²) in [5.74, 6) is 0.217. The summed E-state index contributed by atoms with van der Waals surface area (Å²) in [4.78, 5) is 4.39. The molecule has 1 N–H and O–H groups in total. The molecule has 0 aliphatic rings. The molecule has 0 bridgehead atoms. The van der Waals surface area contributed by atoms with Crippen LogP contribution in [-0.2, 0) is 0 Å². The van der Waals surface area contributed by atoms with Crippen LogP contribution in [-0.4, -0.2) is 12.1 Å². The van der Waals surface area contributed by atoms with Gasteiger partial charge in [-0.15, -0.1) is 0 Å². The lowest BCUT2D eigenvalue weighted by atomic mass is 10.00. The third-order valence-electron chi connectivity index (χ3n) is 5.82. The molecule has 160 valence electrons. The van der Waals surface area contributed by atoms with E-state index in [1.807, 2.05) is 78.9 Å². The first-order chi connectivity index (χ1) is 16.7. The summed E-state index contributed by atoms with van der Waals surface area (Å²) in [6, 6.07) is 40.4. The van der Waals surface area contributed by atoms with Crippen molar-refractivity contribution in [3.63, 3.8) is 0 Å². The summed E-state index contributed by atoms with van der Waals surface area (Å²) in [5, 5.41) is 19.8. The highest BCUT2D eigenvalue weighted by molar-refractivity contribution is 6.03. The number of rotatable bonds is 4. The standard InChI is InChI=1S/C31H21N3/c32-20-22-8-10-25(11-9-22)28-7-3-4-23(18-28)21-34-31(33)27-15-12-26(13-16-27)30-17-14-24-5-1-2-6-29(24)19-30/h1-19,21,33H/b33-31?,34-21+. The van der Waals surface area contributed by atoms with E-state index in [2.05, 4.69) is 47.5 Å². The molecular formula is C31H21N3. The lowest BCUT2D eigenvalue weighted by molar-refractivity contribution is 1.42. The summed E-state index contributed by atoms with van der Waals surface area (Å²) in [5.41, 5.74) is 6.67. The second kappa shape index (κ2) is 9.36. The molecule has 3 nitrogen and oxygen atoms in total. The van der Waals surface area contributed by atoms with Crippen molar-refractivity contribution in [2.24, 2.45) is 4.99 Å². The fraction of sp³-hybridized carbons (Fsp3) is 0. The molecule has 3 heteroatoms. The van der Waals surface area contributed by atoms with Crippen molar-refractivity contribution in [1.82, 2.24) is 0 Å². The molecule has 0 aliphatic carbocycles. The van der Waals surface area contributed by atoms with Crippen LogP contribution < -0.4 is 0 Å². The van der Waals surface area contributed by atoms with Crippen molar-refractivity contribution in [2.45, 2.75) is 0 Å². The van der Waals surface area contributed by atoms with Gasteiger partial charge in [-0.1, -0.05) is 91.0 Å². The predicted octanol–water partition coefficient (Wildman–Crippen LogP) is 7.49. The van der Waals surface area contributed by atoms with Gasteiger partial charge in [0.25, 0.3) is 0 Å². The molecule has 0 saturated carbocycles. The van der Waals surface area contributed by atoms with E-state index in [9.17, 15) is 0 Å². The molecule has 0 aliphatic heterocycles. The van der Waals surface area contributed by atoms with Crippen LogP contribution in [0.4, 0.5) is 0 Å². The molecule has 0 spiro atoms. The SMILES string of the molecule is N#Cc1ccc(-c2cccc(/C=N/C(=N)c3ccc(-c4ccc5ccccc5c4)cc3)c2)cc1. The molecule has 34 heavy (non-hydrogen) atoms. The molecule has 0 fully saturated rings. The first-order valence-electron chi connectivity index (χ1n) is 11.0. The first kappa shape index (κ1) is 21.1. The Morgan fingerprint density at radius 1 is 0.647 bits per heavy atom. The van der Waals surface area contributed by atoms with E-state index in [0.29, 0.717) is 5.56 Å². The number of aliphatic imine (C=N–C) groups is 1. The van der Waals surface area contributed by atoms with Crippen LogP contribution in [0.15, 0.2) is 120 Å². The van der Waals surface area contributed by atoms with Crippen LogP contribution >= 0.6 is 0 Å². The van der Waals surface area contributed by atoms with E-state index in [-0.39, 0.29) is 5.84 Å². The van der Waals surface area contributed by atoms with Gasteiger partial charge >= 0.3 is 0 Å². The van der Waals surface area contributed by atoms with Gasteiger partial charge < -0.3 is 0 Å². The van der Waals surface area contributed by atoms with E-state index in [1.165, 1.54) is 10.8 Å². The molecule has 0 unspecified atom stereocenters. The third kappa shape index (κ3) is 4.53. The van der Waals surface area contributed by atoms with E-state index in [0.717, 1.165) is 33.4 Å². The Labute approximate surface area is 198 Å². The topological polar surface area (TPSA) is 60.0 Å². The zero-order chi connectivity index (χ0) is 23.3. The summed E-state index contributed by atoms with van der Waals surface area (Å²) in [6.07, 6.45) is 1.72. The number of amidine groups is 1. The molecule has 5 aromatic carbocycles. The van der Waals surface area contributed by atoms with Crippen molar-refractivity contribution in [3.8, 4) is 28.3 Å². The maximum atomic E-state index is 8.98.